The minimum atomic E-state index is -0.348. The number of aryl methyl sites for hydroxylation is 1. The molecule has 3 aliphatic heterocycles. The van der Waals surface area contributed by atoms with Gasteiger partial charge in [-0.15, -0.1) is 11.3 Å². The Morgan fingerprint density at radius 1 is 1.29 bits per heavy atom. The van der Waals surface area contributed by atoms with E-state index in [1.165, 1.54) is 16.0 Å². The molecule has 0 saturated carbocycles. The van der Waals surface area contributed by atoms with Crippen LogP contribution < -0.4 is 10.9 Å². The Labute approximate surface area is 182 Å². The molecule has 0 aliphatic carbocycles. The molecule has 8 nitrogen and oxygen atoms in total. The van der Waals surface area contributed by atoms with E-state index in [4.69, 9.17) is 4.74 Å². The minimum Gasteiger partial charge on any atom is -0.376 e. The van der Waals surface area contributed by atoms with Crippen LogP contribution in [0.15, 0.2) is 52.9 Å². The number of carbonyl (C=O) groups is 1. The number of aromatic nitrogens is 4. The predicted molar refractivity (Wildman–Crippen MR) is 118 cm³/mol. The van der Waals surface area contributed by atoms with Crippen LogP contribution in [-0.4, -0.2) is 37.9 Å². The third-order valence-corrected chi connectivity index (χ3v) is 6.12. The monoisotopic (exact) mass is 435 g/mol. The molecule has 0 radical (unpaired) electrons. The van der Waals surface area contributed by atoms with Crippen molar-refractivity contribution in [2.75, 3.05) is 11.9 Å². The van der Waals surface area contributed by atoms with Crippen LogP contribution in [0.2, 0.25) is 0 Å². The molecule has 2 aromatic rings. The fraction of sp³-hybridized carbons (Fsp3) is 0.273. The maximum atomic E-state index is 13.2. The van der Waals surface area contributed by atoms with Gasteiger partial charge in [0.05, 0.1) is 28.6 Å². The van der Waals surface area contributed by atoms with E-state index in [2.05, 4.69) is 15.4 Å². The molecule has 0 spiro atoms. The van der Waals surface area contributed by atoms with E-state index in [-0.39, 0.29) is 17.6 Å². The Bertz CT molecular complexity index is 1250. The number of pyridine rings is 1. The molecule has 1 aromatic heterocycles. The van der Waals surface area contributed by atoms with Crippen molar-refractivity contribution in [2.45, 2.75) is 32.4 Å². The van der Waals surface area contributed by atoms with E-state index < -0.39 is 0 Å². The summed E-state index contributed by atoms with van der Waals surface area (Å²) in [4.78, 5) is 30.6. The van der Waals surface area contributed by atoms with Gasteiger partial charge in [0.2, 0.25) is 0 Å². The standard InChI is InChI=1S/C22H21N5O3S/c1-14-13-31-22(23-14)24-20(28)17-11-26(10-16-8-5-9-30-16)12-18-19(17)25-27(21(18)29)15-6-3-2-4-7-15/h2-4,6-7,11-13,16H,5,8-10H2,1H3,(H,23,24,28). The molecule has 3 aliphatic rings. The molecule has 31 heavy (non-hydrogen) atoms. The smallest absolute Gasteiger partial charge is 0.282 e. The van der Waals surface area contributed by atoms with Gasteiger partial charge in [0.25, 0.3) is 11.5 Å². The maximum Gasteiger partial charge on any atom is 0.282 e. The number of para-hydroxylation sites is 1. The van der Waals surface area contributed by atoms with Gasteiger partial charge in [-0.05, 0) is 31.9 Å². The highest BCUT2D eigenvalue weighted by Gasteiger charge is 2.26. The first kappa shape index (κ1) is 19.7. The predicted octanol–water partition coefficient (Wildman–Crippen LogP) is 3.34. The SMILES string of the molecule is Cc1csc(NC(=O)c2cn(CC3CCCO3)cc3c(=O)n(-c4ccccc4)nc2-3)n1. The lowest BCUT2D eigenvalue weighted by atomic mass is 10.1. The van der Waals surface area contributed by atoms with Crippen molar-refractivity contribution in [2.24, 2.45) is 0 Å². The zero-order chi connectivity index (χ0) is 21.4. The Hall–Kier alpha value is -3.30. The molecular formula is C22H21N5O3S. The van der Waals surface area contributed by atoms with E-state index in [0.717, 1.165) is 25.1 Å². The van der Waals surface area contributed by atoms with Crippen molar-refractivity contribution in [3.8, 4) is 16.9 Å². The van der Waals surface area contributed by atoms with E-state index in [1.807, 2.05) is 47.2 Å². The maximum absolute atomic E-state index is 13.2. The number of hydrogen-bond acceptors (Lipinski definition) is 6. The van der Waals surface area contributed by atoms with Gasteiger partial charge in [-0.2, -0.15) is 9.78 Å². The summed E-state index contributed by atoms with van der Waals surface area (Å²) >= 11 is 1.36. The van der Waals surface area contributed by atoms with Gasteiger partial charge in [0.15, 0.2) is 5.13 Å². The van der Waals surface area contributed by atoms with Crippen LogP contribution in [0, 0.1) is 6.92 Å². The van der Waals surface area contributed by atoms with Crippen LogP contribution in [0.1, 0.15) is 28.9 Å². The van der Waals surface area contributed by atoms with E-state index >= 15 is 0 Å². The zero-order valence-corrected chi connectivity index (χ0v) is 17.8. The summed E-state index contributed by atoms with van der Waals surface area (Å²) in [5.41, 5.74) is 2.31. The third-order valence-electron chi connectivity index (χ3n) is 5.25. The van der Waals surface area contributed by atoms with Crippen LogP contribution in [0.25, 0.3) is 16.9 Å². The first-order chi connectivity index (χ1) is 15.1. The third kappa shape index (κ3) is 3.89. The summed E-state index contributed by atoms with van der Waals surface area (Å²) in [7, 11) is 0. The molecular weight excluding hydrogens is 414 g/mol. The molecule has 1 saturated heterocycles. The molecule has 5 rings (SSSR count). The van der Waals surface area contributed by atoms with Crippen molar-refractivity contribution in [1.29, 1.82) is 0 Å². The average Bonchev–Trinajstić information content (AvgIpc) is 3.50. The van der Waals surface area contributed by atoms with Crippen molar-refractivity contribution < 1.29 is 9.53 Å². The number of benzene rings is 1. The van der Waals surface area contributed by atoms with Gasteiger partial charge < -0.3 is 9.30 Å². The number of rotatable bonds is 5. The molecule has 1 atom stereocenters. The molecule has 1 fully saturated rings. The highest BCUT2D eigenvalue weighted by atomic mass is 32.1. The summed E-state index contributed by atoms with van der Waals surface area (Å²) in [6.45, 7) is 3.18. The molecule has 1 unspecified atom stereocenters. The van der Waals surface area contributed by atoms with E-state index in [1.54, 1.807) is 12.4 Å². The van der Waals surface area contributed by atoms with Crippen molar-refractivity contribution in [3.63, 3.8) is 0 Å². The Balaban J connectivity index is 1.60. The molecule has 9 heteroatoms. The van der Waals surface area contributed by atoms with Gasteiger partial charge in [-0.1, -0.05) is 18.2 Å². The van der Waals surface area contributed by atoms with Gasteiger partial charge in [0.1, 0.15) is 5.69 Å². The number of amides is 1. The number of hydrogen-bond donors (Lipinski definition) is 1. The van der Waals surface area contributed by atoms with Crippen molar-refractivity contribution in [1.82, 2.24) is 19.3 Å². The highest BCUT2D eigenvalue weighted by Crippen LogP contribution is 2.25. The summed E-state index contributed by atoms with van der Waals surface area (Å²) < 4.78 is 8.94. The molecule has 1 amide bonds. The van der Waals surface area contributed by atoms with Crippen LogP contribution in [0.5, 0.6) is 0 Å². The number of nitrogens with one attached hydrogen (secondary N) is 1. The van der Waals surface area contributed by atoms with Crippen LogP contribution >= 0.6 is 11.3 Å². The first-order valence-corrected chi connectivity index (χ1v) is 11.0. The fourth-order valence-electron chi connectivity index (χ4n) is 3.78. The number of carbonyl (C=O) groups excluding carboxylic acids is 1. The minimum absolute atomic E-state index is 0.0687. The largest absolute Gasteiger partial charge is 0.376 e. The molecule has 1 N–H and O–H groups in total. The zero-order valence-electron chi connectivity index (χ0n) is 16.9. The van der Waals surface area contributed by atoms with Gasteiger partial charge in [-0.25, -0.2) is 4.98 Å². The first-order valence-electron chi connectivity index (χ1n) is 10.1. The summed E-state index contributed by atoms with van der Waals surface area (Å²) in [5, 5.41) is 9.72. The van der Waals surface area contributed by atoms with Gasteiger partial charge in [-0.3, -0.25) is 14.9 Å². The summed E-state index contributed by atoms with van der Waals surface area (Å²) in [6.07, 6.45) is 5.54. The summed E-state index contributed by atoms with van der Waals surface area (Å²) in [6, 6.07) is 9.19. The van der Waals surface area contributed by atoms with Gasteiger partial charge >= 0.3 is 0 Å². The number of ether oxygens (including phenoxy) is 1. The Morgan fingerprint density at radius 3 is 2.84 bits per heavy atom. The second kappa shape index (κ2) is 8.09. The number of nitrogens with zero attached hydrogens (tertiary/aromatic N) is 4. The molecule has 0 bridgehead atoms. The molecule has 1 aromatic carbocycles. The normalized spacial score (nSPS) is 16.1. The lowest BCUT2D eigenvalue weighted by molar-refractivity contribution is 0.0961. The lowest BCUT2D eigenvalue weighted by Crippen LogP contribution is -2.20. The van der Waals surface area contributed by atoms with E-state index in [0.29, 0.717) is 34.2 Å². The van der Waals surface area contributed by atoms with Crippen molar-refractivity contribution >= 4 is 22.4 Å². The fourth-order valence-corrected chi connectivity index (χ4v) is 4.46. The van der Waals surface area contributed by atoms with E-state index in [9.17, 15) is 9.59 Å². The summed E-state index contributed by atoms with van der Waals surface area (Å²) in [5.74, 6) is -0.348. The number of fused-ring (bicyclic) bond motifs is 1. The van der Waals surface area contributed by atoms with Crippen LogP contribution in [0.4, 0.5) is 5.13 Å². The quantitative estimate of drug-likeness (QED) is 0.519. The average molecular weight is 436 g/mol. The Morgan fingerprint density at radius 2 is 2.13 bits per heavy atom. The molecule has 4 heterocycles. The van der Waals surface area contributed by atoms with Crippen molar-refractivity contribution in [3.05, 3.63) is 69.7 Å². The lowest BCUT2D eigenvalue weighted by Gasteiger charge is -2.15. The number of thiazole rings is 1. The highest BCUT2D eigenvalue weighted by molar-refractivity contribution is 7.13. The van der Waals surface area contributed by atoms with Crippen LogP contribution in [0.3, 0.4) is 0 Å². The second-order valence-corrected chi connectivity index (χ2v) is 8.42. The molecule has 158 valence electrons. The Kier molecular flexibility index (Phi) is 5.13. The topological polar surface area (TPSA) is 91.0 Å². The number of anilines is 1. The van der Waals surface area contributed by atoms with Gasteiger partial charge in [0, 0.05) is 30.9 Å². The van der Waals surface area contributed by atoms with Crippen LogP contribution in [-0.2, 0) is 11.3 Å². The second-order valence-electron chi connectivity index (χ2n) is 7.57.